The first-order chi connectivity index (χ1) is 9.58. The SMILES string of the molecule is COC(=O)C[C@H]1CC[C@@H](O[C@@H]2CCN(C(=O)O)C2)CC1. The monoisotopic (exact) mass is 285 g/mol. The van der Waals surface area contributed by atoms with E-state index in [-0.39, 0.29) is 18.2 Å². The summed E-state index contributed by atoms with van der Waals surface area (Å²) < 4.78 is 10.7. The molecule has 6 heteroatoms. The fraction of sp³-hybridized carbons (Fsp3) is 0.857. The highest BCUT2D eigenvalue weighted by Crippen LogP contribution is 2.30. The molecule has 1 aliphatic carbocycles. The van der Waals surface area contributed by atoms with Crippen LogP contribution < -0.4 is 0 Å². The van der Waals surface area contributed by atoms with Crippen LogP contribution in [0.5, 0.6) is 0 Å². The number of esters is 1. The van der Waals surface area contributed by atoms with Gasteiger partial charge in [0.1, 0.15) is 0 Å². The van der Waals surface area contributed by atoms with Gasteiger partial charge in [-0.1, -0.05) is 0 Å². The number of nitrogens with zero attached hydrogens (tertiary/aromatic N) is 1. The van der Waals surface area contributed by atoms with E-state index in [4.69, 9.17) is 14.6 Å². The maximum absolute atomic E-state index is 11.2. The van der Waals surface area contributed by atoms with Gasteiger partial charge in [0.25, 0.3) is 0 Å². The maximum atomic E-state index is 11.2. The molecule has 0 bridgehead atoms. The van der Waals surface area contributed by atoms with Gasteiger partial charge < -0.3 is 19.5 Å². The van der Waals surface area contributed by atoms with E-state index in [9.17, 15) is 9.59 Å². The van der Waals surface area contributed by atoms with Crippen LogP contribution in [0.2, 0.25) is 0 Å². The van der Waals surface area contributed by atoms with Gasteiger partial charge in [0.05, 0.1) is 25.9 Å². The molecule has 0 spiro atoms. The Balaban J connectivity index is 1.67. The number of hydrogen-bond acceptors (Lipinski definition) is 4. The Bertz CT molecular complexity index is 351. The third-order valence-corrected chi connectivity index (χ3v) is 4.28. The Labute approximate surface area is 119 Å². The van der Waals surface area contributed by atoms with Gasteiger partial charge in [-0.2, -0.15) is 0 Å². The third-order valence-electron chi connectivity index (χ3n) is 4.28. The predicted octanol–water partition coefficient (Wildman–Crippen LogP) is 1.88. The average Bonchev–Trinajstić information content (AvgIpc) is 2.89. The zero-order chi connectivity index (χ0) is 14.5. The molecular formula is C14H23NO5. The van der Waals surface area contributed by atoms with Crippen molar-refractivity contribution in [2.45, 2.75) is 50.7 Å². The van der Waals surface area contributed by atoms with Gasteiger partial charge in [0.2, 0.25) is 0 Å². The largest absolute Gasteiger partial charge is 0.469 e. The highest BCUT2D eigenvalue weighted by Gasteiger charge is 2.30. The lowest BCUT2D eigenvalue weighted by atomic mass is 9.85. The van der Waals surface area contributed by atoms with Crippen molar-refractivity contribution in [2.75, 3.05) is 20.2 Å². The summed E-state index contributed by atoms with van der Waals surface area (Å²) >= 11 is 0. The van der Waals surface area contributed by atoms with E-state index in [2.05, 4.69) is 0 Å². The molecule has 0 aromatic heterocycles. The molecule has 0 aromatic rings. The van der Waals surface area contributed by atoms with Crippen LogP contribution in [0.1, 0.15) is 38.5 Å². The van der Waals surface area contributed by atoms with Gasteiger partial charge in [-0.15, -0.1) is 0 Å². The fourth-order valence-corrected chi connectivity index (χ4v) is 3.08. The molecule has 1 heterocycles. The number of rotatable bonds is 4. The molecule has 114 valence electrons. The van der Waals surface area contributed by atoms with Crippen LogP contribution in [-0.2, 0) is 14.3 Å². The Morgan fingerprint density at radius 3 is 2.40 bits per heavy atom. The Hall–Kier alpha value is -1.30. The fourth-order valence-electron chi connectivity index (χ4n) is 3.08. The van der Waals surface area contributed by atoms with Gasteiger partial charge in [-0.3, -0.25) is 4.79 Å². The summed E-state index contributed by atoms with van der Waals surface area (Å²) in [5.74, 6) is 0.267. The van der Waals surface area contributed by atoms with Crippen molar-refractivity contribution in [3.05, 3.63) is 0 Å². The molecule has 1 N–H and O–H groups in total. The molecule has 0 unspecified atom stereocenters. The van der Waals surface area contributed by atoms with E-state index >= 15 is 0 Å². The highest BCUT2D eigenvalue weighted by atomic mass is 16.5. The van der Waals surface area contributed by atoms with Crippen LogP contribution in [0.3, 0.4) is 0 Å². The van der Waals surface area contributed by atoms with Crippen LogP contribution >= 0.6 is 0 Å². The number of methoxy groups -OCH3 is 1. The summed E-state index contributed by atoms with van der Waals surface area (Å²) in [6, 6.07) is 0. The number of ether oxygens (including phenoxy) is 2. The molecule has 2 rings (SSSR count). The van der Waals surface area contributed by atoms with Gasteiger partial charge in [0.15, 0.2) is 0 Å². The third kappa shape index (κ3) is 4.10. The summed E-state index contributed by atoms with van der Waals surface area (Å²) in [7, 11) is 1.42. The van der Waals surface area contributed by atoms with Crippen LogP contribution in [0.15, 0.2) is 0 Å². The van der Waals surface area contributed by atoms with Crippen molar-refractivity contribution >= 4 is 12.1 Å². The number of carbonyl (C=O) groups is 2. The summed E-state index contributed by atoms with van der Waals surface area (Å²) in [4.78, 5) is 23.5. The molecule has 0 aromatic carbocycles. The quantitative estimate of drug-likeness (QED) is 0.798. The van der Waals surface area contributed by atoms with Crippen molar-refractivity contribution in [2.24, 2.45) is 5.92 Å². The highest BCUT2D eigenvalue weighted by molar-refractivity contribution is 5.69. The molecule has 2 aliphatic rings. The van der Waals surface area contributed by atoms with E-state index in [1.54, 1.807) is 0 Å². The van der Waals surface area contributed by atoms with Gasteiger partial charge in [0, 0.05) is 13.0 Å². The number of carboxylic acid groups (broad SMARTS) is 1. The lowest BCUT2D eigenvalue weighted by Gasteiger charge is -2.29. The first kappa shape index (κ1) is 15.1. The van der Waals surface area contributed by atoms with Crippen LogP contribution in [0.4, 0.5) is 4.79 Å². The normalized spacial score (nSPS) is 30.2. The van der Waals surface area contributed by atoms with E-state index in [1.807, 2.05) is 0 Å². The maximum Gasteiger partial charge on any atom is 0.407 e. The van der Waals surface area contributed by atoms with Gasteiger partial charge in [-0.05, 0) is 38.0 Å². The van der Waals surface area contributed by atoms with Crippen molar-refractivity contribution in [3.8, 4) is 0 Å². The van der Waals surface area contributed by atoms with Gasteiger partial charge in [-0.25, -0.2) is 4.79 Å². The van der Waals surface area contributed by atoms with E-state index < -0.39 is 6.09 Å². The summed E-state index contributed by atoms with van der Waals surface area (Å²) in [5.41, 5.74) is 0. The zero-order valence-corrected chi connectivity index (χ0v) is 11.9. The second-order valence-electron chi connectivity index (χ2n) is 5.70. The van der Waals surface area contributed by atoms with E-state index in [0.717, 1.165) is 32.1 Å². The molecule has 1 aliphatic heterocycles. The van der Waals surface area contributed by atoms with Crippen LogP contribution in [0.25, 0.3) is 0 Å². The number of carbonyl (C=O) groups excluding carboxylic acids is 1. The molecule has 20 heavy (non-hydrogen) atoms. The smallest absolute Gasteiger partial charge is 0.407 e. The van der Waals surface area contributed by atoms with E-state index in [1.165, 1.54) is 12.0 Å². The molecule has 0 radical (unpaired) electrons. The summed E-state index contributed by atoms with van der Waals surface area (Å²) in [5, 5.41) is 8.91. The molecule has 1 atom stereocenters. The number of amides is 1. The Morgan fingerprint density at radius 1 is 1.15 bits per heavy atom. The minimum atomic E-state index is -0.863. The molecule has 1 amide bonds. The molecule has 1 saturated heterocycles. The lowest BCUT2D eigenvalue weighted by molar-refractivity contribution is -0.142. The zero-order valence-electron chi connectivity index (χ0n) is 11.9. The Morgan fingerprint density at radius 2 is 1.85 bits per heavy atom. The van der Waals surface area contributed by atoms with Crippen molar-refractivity contribution < 1.29 is 24.2 Å². The van der Waals surface area contributed by atoms with Gasteiger partial charge >= 0.3 is 12.1 Å². The van der Waals surface area contributed by atoms with E-state index in [0.29, 0.717) is 25.4 Å². The number of hydrogen-bond donors (Lipinski definition) is 1. The molecule has 6 nitrogen and oxygen atoms in total. The molecular weight excluding hydrogens is 262 g/mol. The number of likely N-dealkylation sites (tertiary alicyclic amines) is 1. The minimum Gasteiger partial charge on any atom is -0.469 e. The van der Waals surface area contributed by atoms with Crippen LogP contribution in [-0.4, -0.2) is 54.5 Å². The predicted molar refractivity (Wildman–Crippen MR) is 71.5 cm³/mol. The second kappa shape index (κ2) is 6.92. The average molecular weight is 285 g/mol. The topological polar surface area (TPSA) is 76.1 Å². The van der Waals surface area contributed by atoms with Crippen molar-refractivity contribution in [1.29, 1.82) is 0 Å². The Kier molecular flexibility index (Phi) is 5.23. The first-order valence-corrected chi connectivity index (χ1v) is 7.28. The standard InChI is InChI=1S/C14H23NO5/c1-19-13(16)8-10-2-4-11(5-3-10)20-12-6-7-15(9-12)14(17)18/h10-12H,2-9H2,1H3,(H,17,18)/t10-,11+,12-/m1/s1. The minimum absolute atomic E-state index is 0.0354. The van der Waals surface area contributed by atoms with Crippen molar-refractivity contribution in [1.82, 2.24) is 4.90 Å². The first-order valence-electron chi connectivity index (χ1n) is 7.28. The summed E-state index contributed by atoms with van der Waals surface area (Å²) in [6.07, 6.45) is 4.53. The van der Waals surface area contributed by atoms with Crippen molar-refractivity contribution in [3.63, 3.8) is 0 Å². The molecule has 1 saturated carbocycles. The lowest BCUT2D eigenvalue weighted by Crippen LogP contribution is -2.31. The summed E-state index contributed by atoms with van der Waals surface area (Å²) in [6.45, 7) is 1.05. The van der Waals surface area contributed by atoms with Crippen LogP contribution in [0, 0.1) is 5.92 Å². The molecule has 2 fully saturated rings. The second-order valence-corrected chi connectivity index (χ2v) is 5.70.